The monoisotopic (exact) mass is 323 g/mol. The molecule has 0 saturated carbocycles. The van der Waals surface area contributed by atoms with Crippen LogP contribution in [0.15, 0.2) is 6.07 Å². The lowest BCUT2D eigenvalue weighted by molar-refractivity contribution is 0.0525. The SMILES string of the molecule is CCOC(=O)c1cc(C(=O)C(Cl)(Cl)Cl)n2c1CCC2. The first kappa shape index (κ1) is 14.7. The maximum atomic E-state index is 12.1. The van der Waals surface area contributed by atoms with Crippen molar-refractivity contribution in [2.45, 2.75) is 30.1 Å². The minimum Gasteiger partial charge on any atom is -0.462 e. The van der Waals surface area contributed by atoms with Gasteiger partial charge >= 0.3 is 5.97 Å². The van der Waals surface area contributed by atoms with Gasteiger partial charge in [0.05, 0.1) is 17.9 Å². The fourth-order valence-electron chi connectivity index (χ4n) is 2.24. The second-order valence-electron chi connectivity index (χ2n) is 4.19. The van der Waals surface area contributed by atoms with E-state index >= 15 is 0 Å². The van der Waals surface area contributed by atoms with Gasteiger partial charge in [0.25, 0.3) is 3.79 Å². The molecule has 1 aromatic rings. The third kappa shape index (κ3) is 2.76. The Morgan fingerprint density at radius 3 is 2.68 bits per heavy atom. The molecule has 0 atom stereocenters. The van der Waals surface area contributed by atoms with Crippen molar-refractivity contribution in [2.75, 3.05) is 6.61 Å². The molecule has 1 aliphatic rings. The van der Waals surface area contributed by atoms with Gasteiger partial charge in [-0.15, -0.1) is 0 Å². The molecule has 0 unspecified atom stereocenters. The van der Waals surface area contributed by atoms with E-state index in [1.807, 2.05) is 0 Å². The normalized spacial score (nSPS) is 14.3. The average Bonchev–Trinajstić information content (AvgIpc) is 2.87. The van der Waals surface area contributed by atoms with Crippen LogP contribution in [-0.4, -0.2) is 26.7 Å². The molecule has 0 saturated heterocycles. The van der Waals surface area contributed by atoms with Crippen molar-refractivity contribution < 1.29 is 14.3 Å². The summed E-state index contributed by atoms with van der Waals surface area (Å²) in [5.74, 6) is -1.08. The van der Waals surface area contributed by atoms with Gasteiger partial charge in [-0.2, -0.15) is 0 Å². The second kappa shape index (κ2) is 5.35. The molecule has 0 aliphatic carbocycles. The molecule has 0 radical (unpaired) electrons. The van der Waals surface area contributed by atoms with Crippen molar-refractivity contribution in [3.63, 3.8) is 0 Å². The summed E-state index contributed by atoms with van der Waals surface area (Å²) in [6.45, 7) is 2.63. The molecule has 1 aliphatic heterocycles. The number of hydrogen-bond acceptors (Lipinski definition) is 3. The zero-order chi connectivity index (χ0) is 14.2. The summed E-state index contributed by atoms with van der Waals surface area (Å²) >= 11 is 16.9. The lowest BCUT2D eigenvalue weighted by atomic mass is 10.1. The zero-order valence-electron chi connectivity index (χ0n) is 10.2. The lowest BCUT2D eigenvalue weighted by Gasteiger charge is -2.10. The van der Waals surface area contributed by atoms with Crippen LogP contribution in [0, 0.1) is 0 Å². The van der Waals surface area contributed by atoms with Crippen molar-refractivity contribution >= 4 is 46.6 Å². The molecule has 7 heteroatoms. The number of aromatic nitrogens is 1. The summed E-state index contributed by atoms with van der Waals surface area (Å²) in [5, 5.41) is 0. The number of Topliss-reactive ketones (excluding diaryl/α,β-unsaturated/α-hetero) is 1. The van der Waals surface area contributed by atoms with E-state index in [4.69, 9.17) is 39.5 Å². The Balaban J connectivity index is 2.45. The third-order valence-corrected chi connectivity index (χ3v) is 3.50. The summed E-state index contributed by atoms with van der Waals surface area (Å²) in [7, 11) is 0. The fourth-order valence-corrected chi connectivity index (χ4v) is 2.53. The smallest absolute Gasteiger partial charge is 0.339 e. The van der Waals surface area contributed by atoms with Crippen molar-refractivity contribution in [3.8, 4) is 0 Å². The quantitative estimate of drug-likeness (QED) is 0.487. The summed E-state index contributed by atoms with van der Waals surface area (Å²) in [5.41, 5.74) is 1.41. The first-order valence-corrected chi connectivity index (χ1v) is 7.00. The van der Waals surface area contributed by atoms with Crippen LogP contribution < -0.4 is 0 Å². The molecule has 0 fully saturated rings. The van der Waals surface area contributed by atoms with Gasteiger partial charge in [0.15, 0.2) is 0 Å². The Morgan fingerprint density at radius 2 is 2.11 bits per heavy atom. The molecule has 0 spiro atoms. The molecule has 0 amide bonds. The topological polar surface area (TPSA) is 48.3 Å². The Morgan fingerprint density at radius 1 is 1.42 bits per heavy atom. The number of rotatable bonds is 3. The van der Waals surface area contributed by atoms with Crippen molar-refractivity contribution in [2.24, 2.45) is 0 Å². The average molecular weight is 325 g/mol. The Labute approximate surface area is 125 Å². The van der Waals surface area contributed by atoms with E-state index in [1.165, 1.54) is 6.07 Å². The van der Waals surface area contributed by atoms with Crippen LogP contribution in [0.5, 0.6) is 0 Å². The van der Waals surface area contributed by atoms with E-state index in [1.54, 1.807) is 11.5 Å². The van der Waals surface area contributed by atoms with Crippen molar-refractivity contribution in [1.29, 1.82) is 0 Å². The van der Waals surface area contributed by atoms with Gasteiger partial charge < -0.3 is 9.30 Å². The largest absolute Gasteiger partial charge is 0.462 e. The van der Waals surface area contributed by atoms with Crippen LogP contribution in [0.3, 0.4) is 0 Å². The summed E-state index contributed by atoms with van der Waals surface area (Å²) in [6, 6.07) is 1.46. The van der Waals surface area contributed by atoms with Crippen LogP contribution in [0.25, 0.3) is 0 Å². The number of hydrogen-bond donors (Lipinski definition) is 0. The number of alkyl halides is 3. The van der Waals surface area contributed by atoms with E-state index in [0.717, 1.165) is 12.1 Å². The Kier molecular flexibility index (Phi) is 4.14. The highest BCUT2D eigenvalue weighted by Crippen LogP contribution is 2.34. The molecule has 2 rings (SSSR count). The Hall–Kier alpha value is -0.710. The molecule has 104 valence electrons. The van der Waals surface area contributed by atoms with E-state index in [2.05, 4.69) is 0 Å². The van der Waals surface area contributed by atoms with Gasteiger partial charge in [-0.25, -0.2) is 4.79 Å². The van der Waals surface area contributed by atoms with Gasteiger partial charge in [0.2, 0.25) is 5.78 Å². The molecule has 0 aromatic carbocycles. The van der Waals surface area contributed by atoms with Crippen LogP contribution in [0.4, 0.5) is 0 Å². The highest BCUT2D eigenvalue weighted by Gasteiger charge is 2.37. The predicted molar refractivity (Wildman–Crippen MR) is 73.3 cm³/mol. The maximum Gasteiger partial charge on any atom is 0.339 e. The number of ketones is 1. The van der Waals surface area contributed by atoms with Gasteiger partial charge in [-0.3, -0.25) is 4.79 Å². The summed E-state index contributed by atoms with van der Waals surface area (Å²) in [6.07, 6.45) is 1.56. The number of esters is 1. The van der Waals surface area contributed by atoms with E-state index < -0.39 is 15.5 Å². The van der Waals surface area contributed by atoms with Crippen LogP contribution >= 0.6 is 34.8 Å². The molecule has 2 heterocycles. The van der Waals surface area contributed by atoms with Crippen molar-refractivity contribution in [1.82, 2.24) is 4.57 Å². The molecule has 19 heavy (non-hydrogen) atoms. The van der Waals surface area contributed by atoms with E-state index in [0.29, 0.717) is 18.5 Å². The van der Waals surface area contributed by atoms with E-state index in [9.17, 15) is 9.59 Å². The van der Waals surface area contributed by atoms with Gasteiger partial charge in [0.1, 0.15) is 0 Å². The first-order valence-electron chi connectivity index (χ1n) is 5.87. The molecule has 4 nitrogen and oxygen atoms in total. The fraction of sp³-hybridized carbons (Fsp3) is 0.500. The molecular weight excluding hydrogens is 312 g/mol. The summed E-state index contributed by atoms with van der Waals surface area (Å²) in [4.78, 5) is 23.9. The highest BCUT2D eigenvalue weighted by atomic mass is 35.6. The lowest BCUT2D eigenvalue weighted by Crippen LogP contribution is -2.22. The maximum absolute atomic E-state index is 12.1. The molecule has 0 bridgehead atoms. The Bertz CT molecular complexity index is 531. The zero-order valence-corrected chi connectivity index (χ0v) is 12.5. The van der Waals surface area contributed by atoms with Crippen LogP contribution in [0.1, 0.15) is 39.9 Å². The number of fused-ring (bicyclic) bond motifs is 1. The minimum absolute atomic E-state index is 0.246. The number of carbonyl (C=O) groups excluding carboxylic acids is 2. The second-order valence-corrected chi connectivity index (χ2v) is 6.47. The molecule has 0 N–H and O–H groups in total. The number of ether oxygens (including phenoxy) is 1. The highest BCUT2D eigenvalue weighted by molar-refractivity contribution is 6.77. The number of nitrogens with zero attached hydrogens (tertiary/aromatic N) is 1. The van der Waals surface area contributed by atoms with E-state index in [-0.39, 0.29) is 12.3 Å². The van der Waals surface area contributed by atoms with Crippen LogP contribution in [-0.2, 0) is 17.7 Å². The third-order valence-electron chi connectivity index (χ3n) is 2.99. The van der Waals surface area contributed by atoms with Gasteiger partial charge in [-0.05, 0) is 25.8 Å². The summed E-state index contributed by atoms with van der Waals surface area (Å²) < 4.78 is 4.68. The van der Waals surface area contributed by atoms with Crippen molar-refractivity contribution in [3.05, 3.63) is 23.0 Å². The van der Waals surface area contributed by atoms with Gasteiger partial charge in [-0.1, -0.05) is 34.8 Å². The molecular formula is C12H12Cl3NO3. The first-order chi connectivity index (χ1) is 8.86. The standard InChI is InChI=1S/C12H12Cl3NO3/c1-2-19-11(18)7-6-9(10(17)12(13,14)15)16-5-3-4-8(7)16/h6H,2-5H2,1H3. The molecule has 1 aromatic heterocycles. The predicted octanol–water partition coefficient (Wildman–Crippen LogP) is 3.16. The van der Waals surface area contributed by atoms with Crippen LogP contribution in [0.2, 0.25) is 0 Å². The minimum atomic E-state index is -2.02. The number of carbonyl (C=O) groups is 2. The van der Waals surface area contributed by atoms with Gasteiger partial charge in [0, 0.05) is 12.2 Å². The number of halogens is 3.